The van der Waals surface area contributed by atoms with Crippen molar-refractivity contribution in [2.45, 2.75) is 26.4 Å². The lowest BCUT2D eigenvalue weighted by molar-refractivity contribution is 0.0636. The van der Waals surface area contributed by atoms with Crippen molar-refractivity contribution >= 4 is 23.2 Å². The maximum atomic E-state index is 12.0. The van der Waals surface area contributed by atoms with Crippen molar-refractivity contribution < 1.29 is 9.53 Å². The number of nitrogen functional groups attached to an aromatic ring is 2. The molecule has 0 aliphatic rings. The van der Waals surface area contributed by atoms with Crippen molar-refractivity contribution in [2.24, 2.45) is 0 Å². The molecule has 0 fully saturated rings. The minimum Gasteiger partial charge on any atom is -0.444 e. The molecule has 5 heteroatoms. The Morgan fingerprint density at radius 2 is 1.59 bits per heavy atom. The van der Waals surface area contributed by atoms with E-state index in [2.05, 4.69) is 5.32 Å². The van der Waals surface area contributed by atoms with Gasteiger partial charge in [-0.3, -0.25) is 5.32 Å². The first kappa shape index (κ1) is 15.7. The van der Waals surface area contributed by atoms with E-state index in [1.807, 2.05) is 51.1 Å². The van der Waals surface area contributed by atoms with Crippen molar-refractivity contribution in [2.75, 3.05) is 16.8 Å². The number of benzene rings is 2. The highest BCUT2D eigenvalue weighted by molar-refractivity contribution is 5.92. The molecule has 0 saturated carbocycles. The molecule has 0 unspecified atom stereocenters. The van der Waals surface area contributed by atoms with Crippen molar-refractivity contribution in [1.29, 1.82) is 0 Å². The molecule has 2 aromatic carbocycles. The van der Waals surface area contributed by atoms with E-state index < -0.39 is 11.7 Å². The number of amides is 1. The standard InChI is InChI=1S/C17H21N3O2/c1-17(2,3)22-16(21)20-15-10-13(19)8-9-14(15)11-4-6-12(18)7-5-11/h4-10H,18-19H2,1-3H3,(H,20,21). The number of carbonyl (C=O) groups is 1. The normalized spacial score (nSPS) is 11.0. The zero-order chi connectivity index (χ0) is 16.3. The van der Waals surface area contributed by atoms with E-state index >= 15 is 0 Å². The van der Waals surface area contributed by atoms with Gasteiger partial charge in [0.15, 0.2) is 0 Å². The molecule has 0 aromatic heterocycles. The zero-order valence-electron chi connectivity index (χ0n) is 13.0. The van der Waals surface area contributed by atoms with Crippen molar-refractivity contribution in [1.82, 2.24) is 0 Å². The van der Waals surface area contributed by atoms with Gasteiger partial charge in [0.25, 0.3) is 0 Å². The number of anilines is 3. The highest BCUT2D eigenvalue weighted by Crippen LogP contribution is 2.30. The summed E-state index contributed by atoms with van der Waals surface area (Å²) in [5.74, 6) is 0. The third-order valence-corrected chi connectivity index (χ3v) is 2.90. The molecule has 5 N–H and O–H groups in total. The Kier molecular flexibility index (Phi) is 4.26. The molecule has 0 aliphatic heterocycles. The zero-order valence-corrected chi connectivity index (χ0v) is 13.0. The fourth-order valence-corrected chi connectivity index (χ4v) is 1.99. The van der Waals surface area contributed by atoms with E-state index in [1.165, 1.54) is 0 Å². The number of carbonyl (C=O) groups excluding carboxylic acids is 1. The van der Waals surface area contributed by atoms with Gasteiger partial charge in [-0.15, -0.1) is 0 Å². The maximum absolute atomic E-state index is 12.0. The molecule has 0 saturated heterocycles. The summed E-state index contributed by atoms with van der Waals surface area (Å²) in [4.78, 5) is 12.0. The molecule has 5 nitrogen and oxygen atoms in total. The maximum Gasteiger partial charge on any atom is 0.412 e. The molecule has 0 heterocycles. The Hall–Kier alpha value is -2.69. The van der Waals surface area contributed by atoms with Crippen LogP contribution in [-0.2, 0) is 4.74 Å². The molecule has 22 heavy (non-hydrogen) atoms. The van der Waals surface area contributed by atoms with Gasteiger partial charge in [0, 0.05) is 16.9 Å². The number of rotatable bonds is 2. The third-order valence-electron chi connectivity index (χ3n) is 2.90. The van der Waals surface area contributed by atoms with Crippen LogP contribution in [0.3, 0.4) is 0 Å². The Morgan fingerprint density at radius 3 is 2.18 bits per heavy atom. The Labute approximate surface area is 130 Å². The summed E-state index contributed by atoms with van der Waals surface area (Å²) in [6.07, 6.45) is -0.519. The highest BCUT2D eigenvalue weighted by Gasteiger charge is 2.17. The van der Waals surface area contributed by atoms with Gasteiger partial charge in [0.1, 0.15) is 5.60 Å². The van der Waals surface area contributed by atoms with Gasteiger partial charge < -0.3 is 16.2 Å². The third kappa shape index (κ3) is 4.15. The van der Waals surface area contributed by atoms with E-state index in [9.17, 15) is 4.79 Å². The van der Waals surface area contributed by atoms with Crippen LogP contribution in [-0.4, -0.2) is 11.7 Å². The Bertz CT molecular complexity index is 673. The van der Waals surface area contributed by atoms with Crippen LogP contribution in [0, 0.1) is 0 Å². The predicted octanol–water partition coefficient (Wildman–Crippen LogP) is 3.87. The van der Waals surface area contributed by atoms with Gasteiger partial charge >= 0.3 is 6.09 Å². The minimum absolute atomic E-state index is 0.519. The smallest absolute Gasteiger partial charge is 0.412 e. The van der Waals surface area contributed by atoms with Gasteiger partial charge in [0.05, 0.1) is 5.69 Å². The van der Waals surface area contributed by atoms with Crippen molar-refractivity contribution in [3.05, 3.63) is 42.5 Å². The summed E-state index contributed by atoms with van der Waals surface area (Å²) < 4.78 is 5.28. The van der Waals surface area contributed by atoms with E-state index in [-0.39, 0.29) is 0 Å². The molecular formula is C17H21N3O2. The van der Waals surface area contributed by atoms with Gasteiger partial charge in [-0.05, 0) is 50.6 Å². The lowest BCUT2D eigenvalue weighted by Gasteiger charge is -2.20. The SMILES string of the molecule is CC(C)(C)OC(=O)Nc1cc(N)ccc1-c1ccc(N)cc1. The van der Waals surface area contributed by atoms with Crippen LogP contribution in [0.2, 0.25) is 0 Å². The first-order valence-corrected chi connectivity index (χ1v) is 7.00. The van der Waals surface area contributed by atoms with Crippen LogP contribution in [0.4, 0.5) is 21.9 Å². The second-order valence-corrected chi connectivity index (χ2v) is 6.05. The molecule has 0 aliphatic carbocycles. The topological polar surface area (TPSA) is 90.4 Å². The van der Waals surface area contributed by atoms with Crippen molar-refractivity contribution in [3.63, 3.8) is 0 Å². The number of nitrogens with two attached hydrogens (primary N) is 2. The van der Waals surface area contributed by atoms with Crippen LogP contribution in [0.1, 0.15) is 20.8 Å². The molecule has 2 rings (SSSR count). The van der Waals surface area contributed by atoms with Gasteiger partial charge in [-0.25, -0.2) is 4.79 Å². The largest absolute Gasteiger partial charge is 0.444 e. The lowest BCUT2D eigenvalue weighted by Crippen LogP contribution is -2.27. The van der Waals surface area contributed by atoms with Gasteiger partial charge in [0.2, 0.25) is 0 Å². The molecule has 1 amide bonds. The molecule has 2 aromatic rings. The predicted molar refractivity (Wildman–Crippen MR) is 90.6 cm³/mol. The molecular weight excluding hydrogens is 278 g/mol. The van der Waals surface area contributed by atoms with E-state index in [4.69, 9.17) is 16.2 Å². The second-order valence-electron chi connectivity index (χ2n) is 6.05. The summed E-state index contributed by atoms with van der Waals surface area (Å²) in [5.41, 5.74) is 14.6. The number of nitrogens with one attached hydrogen (secondary N) is 1. The van der Waals surface area contributed by atoms with Crippen LogP contribution in [0.25, 0.3) is 11.1 Å². The average molecular weight is 299 g/mol. The van der Waals surface area contributed by atoms with E-state index in [0.717, 1.165) is 11.1 Å². The number of hydrogen-bond donors (Lipinski definition) is 3. The molecule has 0 bridgehead atoms. The number of ether oxygens (including phenoxy) is 1. The molecule has 0 spiro atoms. The minimum atomic E-state index is -0.564. The summed E-state index contributed by atoms with van der Waals surface area (Å²) in [6, 6.07) is 12.7. The fourth-order valence-electron chi connectivity index (χ4n) is 1.99. The molecule has 0 radical (unpaired) electrons. The van der Waals surface area contributed by atoms with Crippen LogP contribution < -0.4 is 16.8 Å². The van der Waals surface area contributed by atoms with Gasteiger partial charge in [-0.2, -0.15) is 0 Å². The Morgan fingerprint density at radius 1 is 1.00 bits per heavy atom. The quantitative estimate of drug-likeness (QED) is 0.734. The highest BCUT2D eigenvalue weighted by atomic mass is 16.6. The summed E-state index contributed by atoms with van der Waals surface area (Å²) in [6.45, 7) is 5.44. The average Bonchev–Trinajstić information content (AvgIpc) is 2.38. The molecule has 0 atom stereocenters. The monoisotopic (exact) mass is 299 g/mol. The number of hydrogen-bond acceptors (Lipinski definition) is 4. The fraction of sp³-hybridized carbons (Fsp3) is 0.235. The summed E-state index contributed by atoms with van der Waals surface area (Å²) in [7, 11) is 0. The van der Waals surface area contributed by atoms with Crippen LogP contribution in [0.5, 0.6) is 0 Å². The Balaban J connectivity index is 2.32. The lowest BCUT2D eigenvalue weighted by atomic mass is 10.0. The first-order valence-electron chi connectivity index (χ1n) is 7.00. The summed E-state index contributed by atoms with van der Waals surface area (Å²) in [5, 5.41) is 2.75. The second kappa shape index (κ2) is 5.97. The van der Waals surface area contributed by atoms with E-state index in [0.29, 0.717) is 17.1 Å². The van der Waals surface area contributed by atoms with Gasteiger partial charge in [-0.1, -0.05) is 18.2 Å². The molecule has 116 valence electrons. The van der Waals surface area contributed by atoms with Crippen LogP contribution >= 0.6 is 0 Å². The van der Waals surface area contributed by atoms with Crippen molar-refractivity contribution in [3.8, 4) is 11.1 Å². The first-order chi connectivity index (χ1) is 10.2. The van der Waals surface area contributed by atoms with E-state index in [1.54, 1.807) is 12.1 Å². The summed E-state index contributed by atoms with van der Waals surface area (Å²) >= 11 is 0. The van der Waals surface area contributed by atoms with Crippen LogP contribution in [0.15, 0.2) is 42.5 Å².